The Labute approximate surface area is 679 Å². The van der Waals surface area contributed by atoms with Gasteiger partial charge in [-0.25, -0.2) is 4.79 Å². The number of aliphatic carboxylic acids is 1. The van der Waals surface area contributed by atoms with E-state index in [2.05, 4.69) is 58.5 Å². The maximum absolute atomic E-state index is 13.9. The quantitative estimate of drug-likeness (QED) is 0.0269. The lowest BCUT2D eigenvalue weighted by Gasteiger charge is -2.48. The maximum Gasteiger partial charge on any atom is 0.326 e. The molecule has 0 aromatic carbocycles. The molecule has 676 valence electrons. The first-order chi connectivity index (χ1) is 55.7. The Morgan fingerprint density at radius 1 is 0.361 bits per heavy atom. The molecule has 119 heavy (non-hydrogen) atoms. The summed E-state index contributed by atoms with van der Waals surface area (Å²) in [5, 5.41) is 141. The number of amides is 15. The number of carbonyl (C=O) groups excluding carboxylic acids is 15. The Balaban J connectivity index is 1.37. The molecule has 0 spiro atoms. The Kier molecular flexibility index (Phi) is 41.4. The van der Waals surface area contributed by atoms with Gasteiger partial charge >= 0.3 is 5.97 Å². The SMILES string of the molecule is CC(=O)NC1C(OC2C(CO)OC(O)C(NC(C)=O)C2OC(C)C(=O)NC(C)C(=O)NC(CCC(=O)NC(CCCC(NC(=O)C(CCCC(N)C(N)=O)NC(=O)CCC(NC(=O)C(C)NC(=O)C(C)OC2C(NC(C)=O)C(O)OC(CO)C2OC2OC(CO)C(O)C(O)C2NC(C)=O)C(N)=O)C(N)=O)C(=O)O)C(N)=O)OC(CO)C(O)C1O. The fraction of sp³-hybridized carbons (Fsp3) is 0.765. The van der Waals surface area contributed by atoms with Crippen LogP contribution >= 0.6 is 0 Å². The maximum atomic E-state index is 13.9. The van der Waals surface area contributed by atoms with E-state index in [0.29, 0.717) is 0 Å². The van der Waals surface area contributed by atoms with Crippen molar-refractivity contribution in [2.24, 2.45) is 28.7 Å². The summed E-state index contributed by atoms with van der Waals surface area (Å²) in [6, 6.07) is -18.9. The van der Waals surface area contributed by atoms with E-state index in [4.69, 9.17) is 66.6 Å². The highest BCUT2D eigenvalue weighted by molar-refractivity contribution is 5.95. The average molecular weight is 1720 g/mol. The number of ether oxygens (including phenoxy) is 8. The second-order valence-electron chi connectivity index (χ2n) is 28.9. The van der Waals surface area contributed by atoms with Crippen molar-refractivity contribution in [1.29, 1.82) is 0 Å². The van der Waals surface area contributed by atoms with Crippen molar-refractivity contribution in [3.63, 3.8) is 0 Å². The van der Waals surface area contributed by atoms with Crippen LogP contribution in [0.2, 0.25) is 0 Å². The van der Waals surface area contributed by atoms with Crippen molar-refractivity contribution < 1.29 is 171 Å². The lowest BCUT2D eigenvalue weighted by atomic mass is 9.94. The molecule has 0 bridgehead atoms. The summed E-state index contributed by atoms with van der Waals surface area (Å²) in [6.07, 6.45) is -35.1. The molecule has 0 aromatic heterocycles. The van der Waals surface area contributed by atoms with Crippen LogP contribution in [0.1, 0.15) is 120 Å². The molecule has 4 heterocycles. The van der Waals surface area contributed by atoms with Gasteiger partial charge < -0.3 is 181 Å². The lowest BCUT2D eigenvalue weighted by Crippen LogP contribution is -2.70. The Hall–Kier alpha value is -9.24. The molecule has 0 radical (unpaired) electrons. The van der Waals surface area contributed by atoms with Gasteiger partial charge in [-0.15, -0.1) is 0 Å². The number of aliphatic hydroxyl groups is 10. The largest absolute Gasteiger partial charge is 0.480 e. The normalized spacial score (nSPS) is 29.3. The predicted octanol–water partition coefficient (Wildman–Crippen LogP) is -15.7. The van der Waals surface area contributed by atoms with Crippen molar-refractivity contribution in [3.05, 3.63) is 0 Å². The van der Waals surface area contributed by atoms with Crippen LogP contribution in [0.15, 0.2) is 0 Å². The van der Waals surface area contributed by atoms with Crippen molar-refractivity contribution in [2.75, 3.05) is 26.4 Å². The summed E-state index contributed by atoms with van der Waals surface area (Å²) in [6.45, 7) is 5.14. The summed E-state index contributed by atoms with van der Waals surface area (Å²) in [4.78, 5) is 207. The van der Waals surface area contributed by atoms with E-state index in [1.165, 1.54) is 0 Å². The highest BCUT2D eigenvalue weighted by Gasteiger charge is 2.56. The van der Waals surface area contributed by atoms with Gasteiger partial charge in [0.2, 0.25) is 88.6 Å². The fourth-order valence-corrected chi connectivity index (χ4v) is 13.0. The first-order valence-electron chi connectivity index (χ1n) is 37.8. The molecule has 4 fully saturated rings. The van der Waals surface area contributed by atoms with Gasteiger partial charge in [0.15, 0.2) is 25.2 Å². The Morgan fingerprint density at radius 3 is 1.02 bits per heavy atom. The number of primary amides is 4. The fourth-order valence-electron chi connectivity index (χ4n) is 13.0. The lowest BCUT2D eigenvalue weighted by molar-refractivity contribution is -0.333. The number of aliphatic hydroxyl groups excluding tert-OH is 10. The summed E-state index contributed by atoms with van der Waals surface area (Å²) < 4.78 is 46.5. The van der Waals surface area contributed by atoms with Crippen LogP contribution in [-0.2, 0) is 115 Å². The molecular weight excluding hydrogens is 1600 g/mol. The van der Waals surface area contributed by atoms with Crippen molar-refractivity contribution in [2.45, 2.75) is 303 Å². The van der Waals surface area contributed by atoms with E-state index < -0.39 is 343 Å². The van der Waals surface area contributed by atoms with Crippen LogP contribution in [0, 0.1) is 0 Å². The number of hydrogen-bond donors (Lipinski definition) is 27. The Morgan fingerprint density at radius 2 is 0.681 bits per heavy atom. The monoisotopic (exact) mass is 1710 g/mol. The van der Waals surface area contributed by atoms with Gasteiger partial charge in [0, 0.05) is 40.5 Å². The number of nitrogens with one attached hydrogen (secondary N) is 11. The number of carboxylic acids is 1. The van der Waals surface area contributed by atoms with Crippen LogP contribution in [0.5, 0.6) is 0 Å². The number of carboxylic acid groups (broad SMARTS) is 1. The molecule has 51 nitrogen and oxygen atoms in total. The van der Waals surface area contributed by atoms with Gasteiger partial charge in [-0.1, -0.05) is 0 Å². The Bertz CT molecular complexity index is 3500. The molecule has 4 aliphatic rings. The van der Waals surface area contributed by atoms with Crippen molar-refractivity contribution in [1.82, 2.24) is 58.5 Å². The molecule has 30 unspecified atom stereocenters. The van der Waals surface area contributed by atoms with Crippen LogP contribution in [0.4, 0.5) is 0 Å². The van der Waals surface area contributed by atoms with E-state index in [0.717, 1.165) is 55.4 Å². The molecule has 32 N–H and O–H groups in total. The number of rotatable bonds is 47. The molecule has 15 amide bonds. The number of carbonyl (C=O) groups is 16. The molecule has 0 saturated carbocycles. The molecule has 0 aliphatic carbocycles. The number of hydrogen-bond acceptors (Lipinski definition) is 35. The molecule has 51 heteroatoms. The number of nitrogens with two attached hydrogens (primary N) is 5. The van der Waals surface area contributed by atoms with Gasteiger partial charge in [0.05, 0.1) is 32.5 Å². The zero-order chi connectivity index (χ0) is 89.9. The topological polar surface area (TPSA) is 832 Å². The third-order valence-electron chi connectivity index (χ3n) is 19.4. The third-order valence-corrected chi connectivity index (χ3v) is 19.4. The van der Waals surface area contributed by atoms with E-state index in [1.807, 2.05) is 0 Å². The molecule has 30 atom stereocenters. The van der Waals surface area contributed by atoms with Gasteiger partial charge in [-0.2, -0.15) is 0 Å². The minimum Gasteiger partial charge on any atom is -0.480 e. The van der Waals surface area contributed by atoms with Crippen LogP contribution in [-0.4, -0.2) is 360 Å². The van der Waals surface area contributed by atoms with Gasteiger partial charge in [-0.3, -0.25) is 71.9 Å². The van der Waals surface area contributed by atoms with Gasteiger partial charge in [-0.05, 0) is 79.1 Å². The molecule has 4 rings (SSSR count). The van der Waals surface area contributed by atoms with Crippen molar-refractivity contribution >= 4 is 94.6 Å². The summed E-state index contributed by atoms with van der Waals surface area (Å²) in [7, 11) is 0. The second kappa shape index (κ2) is 48.3. The van der Waals surface area contributed by atoms with Crippen LogP contribution in [0.3, 0.4) is 0 Å². The average Bonchev–Trinajstić information content (AvgIpc) is 0.776. The summed E-state index contributed by atoms with van der Waals surface area (Å²) >= 11 is 0. The van der Waals surface area contributed by atoms with E-state index in [-0.39, 0.29) is 25.7 Å². The van der Waals surface area contributed by atoms with E-state index >= 15 is 0 Å². The minimum atomic E-state index is -1.97. The van der Waals surface area contributed by atoms with E-state index in [9.17, 15) is 133 Å². The zero-order valence-corrected chi connectivity index (χ0v) is 66.3. The first-order valence-corrected chi connectivity index (χ1v) is 37.8. The minimum absolute atomic E-state index is 0.0817. The standard InChI is InChI=1S/C68H114N16O35/c1-23(74-61(105)25(3)112-53-45(78-29(7)91)65(110)114-39(21-87)51(53)118-67-43(76-27(5)89)49(97)47(95)37(19-85)116-67)59(103)82-33(57(72)101)15-17-41(93)80-35(13-9-11-31(69)55(70)99)63(107)84-32(56(71)100)12-10-14-36(64(108)109)81-42(94)18-16-34(58(73)102)83-60(104)24(2)75-62(106)26(4)113-54-46(79-30(8)92)66(111)115-40(22-88)52(54)119-68-44(77-28(6)90)50(98)48(96)38(20-86)117-68/h23-26,31-40,43-54,65-68,85-88,95-98,110-111H,9-22,69H2,1-8H3,(H2,70,99)(H2,71,100)(H2,72,101)(H2,73,102)(H,74,105)(H,75,106)(H,76,89)(H,77,90)(H,78,91)(H,79,92)(H,80,93)(H,81,94)(H,82,103)(H,83,104)(H,84,107)(H,108,109). The molecule has 4 aliphatic heterocycles. The van der Waals surface area contributed by atoms with Gasteiger partial charge in [0.25, 0.3) is 0 Å². The predicted molar refractivity (Wildman–Crippen MR) is 394 cm³/mol. The van der Waals surface area contributed by atoms with E-state index in [1.54, 1.807) is 0 Å². The van der Waals surface area contributed by atoms with Crippen LogP contribution in [0.25, 0.3) is 0 Å². The zero-order valence-electron chi connectivity index (χ0n) is 66.3. The van der Waals surface area contributed by atoms with Crippen LogP contribution < -0.4 is 87.2 Å². The smallest absolute Gasteiger partial charge is 0.326 e. The second-order valence-corrected chi connectivity index (χ2v) is 28.9. The molecule has 4 saturated heterocycles. The highest BCUT2D eigenvalue weighted by Crippen LogP contribution is 2.34. The summed E-state index contributed by atoms with van der Waals surface area (Å²) in [5.74, 6) is -16.5. The first kappa shape index (κ1) is 102. The molecule has 0 aromatic rings. The molecular formula is C68H114N16O35. The highest BCUT2D eigenvalue weighted by atomic mass is 16.7. The third kappa shape index (κ3) is 30.8. The van der Waals surface area contributed by atoms with Gasteiger partial charge in [0.1, 0.15) is 152 Å². The summed E-state index contributed by atoms with van der Waals surface area (Å²) in [5.41, 5.74) is 27.9. The van der Waals surface area contributed by atoms with Crippen molar-refractivity contribution in [3.8, 4) is 0 Å².